The van der Waals surface area contributed by atoms with Crippen molar-refractivity contribution in [2.75, 3.05) is 24.3 Å². The number of rotatable bonds is 9. The number of amides is 2. The second-order valence-corrected chi connectivity index (χ2v) is 11.1. The first kappa shape index (κ1) is 30.0. The number of oxime groups is 1. The van der Waals surface area contributed by atoms with Gasteiger partial charge in [0.15, 0.2) is 21.8 Å². The zero-order valence-corrected chi connectivity index (χ0v) is 25.9. The second kappa shape index (κ2) is 12.7. The average molecular weight is 610 g/mol. The van der Waals surface area contributed by atoms with E-state index in [0.29, 0.717) is 22.3 Å². The molecule has 0 aromatic carbocycles. The Hall–Kier alpha value is -2.96. The molecular formula is C22H20N9NaO5S3. The molecule has 202 valence electrons. The summed E-state index contributed by atoms with van der Waals surface area (Å²) in [6.07, 6.45) is 3.34. The molecule has 2 atom stereocenters. The number of β-lactam (4-membered cyclic amide) rings is 1. The van der Waals surface area contributed by atoms with E-state index in [0.717, 1.165) is 21.8 Å². The van der Waals surface area contributed by atoms with E-state index < -0.39 is 29.2 Å². The molecule has 18 heteroatoms. The molecule has 1 unspecified atom stereocenters. The van der Waals surface area contributed by atoms with Gasteiger partial charge < -0.3 is 30.4 Å². The van der Waals surface area contributed by atoms with Crippen molar-refractivity contribution in [2.45, 2.75) is 16.6 Å². The van der Waals surface area contributed by atoms with E-state index in [9.17, 15) is 19.5 Å². The number of aromatic nitrogens is 5. The number of thioether (sulfide) groups is 2. The molecule has 5 heterocycles. The zero-order valence-electron chi connectivity index (χ0n) is 21.4. The molecule has 0 radical (unpaired) electrons. The van der Waals surface area contributed by atoms with Crippen molar-refractivity contribution in [3.63, 3.8) is 0 Å². The molecule has 0 bridgehead atoms. The fraction of sp³-hybridized carbons (Fsp3) is 0.273. The minimum absolute atomic E-state index is 0. The number of pyridine rings is 1. The van der Waals surface area contributed by atoms with Crippen LogP contribution in [0.15, 0.2) is 51.5 Å². The van der Waals surface area contributed by atoms with Gasteiger partial charge in [-0.1, -0.05) is 16.9 Å². The van der Waals surface area contributed by atoms with Gasteiger partial charge in [-0.2, -0.15) is 0 Å². The van der Waals surface area contributed by atoms with Crippen LogP contribution in [0.25, 0.3) is 11.4 Å². The van der Waals surface area contributed by atoms with Crippen molar-refractivity contribution in [1.82, 2.24) is 34.9 Å². The van der Waals surface area contributed by atoms with Crippen LogP contribution in [0.4, 0.5) is 5.13 Å². The zero-order chi connectivity index (χ0) is 27.7. The number of carbonyl (C=O) groups is 3. The number of hydrogen-bond acceptors (Lipinski definition) is 14. The Morgan fingerprint density at radius 3 is 2.83 bits per heavy atom. The molecule has 2 amide bonds. The van der Waals surface area contributed by atoms with E-state index in [2.05, 4.69) is 30.6 Å². The van der Waals surface area contributed by atoms with E-state index in [1.54, 1.807) is 30.1 Å². The van der Waals surface area contributed by atoms with E-state index in [1.807, 2.05) is 6.07 Å². The van der Waals surface area contributed by atoms with E-state index in [1.165, 1.54) is 36.0 Å². The van der Waals surface area contributed by atoms with E-state index in [4.69, 9.17) is 10.6 Å². The largest absolute Gasteiger partial charge is 1.00 e. The summed E-state index contributed by atoms with van der Waals surface area (Å²) in [6, 6.07) is 2.69. The molecule has 14 nitrogen and oxygen atoms in total. The summed E-state index contributed by atoms with van der Waals surface area (Å²) in [5.41, 5.74) is 6.79. The van der Waals surface area contributed by atoms with E-state index in [-0.39, 0.29) is 57.5 Å². The summed E-state index contributed by atoms with van der Waals surface area (Å²) < 4.78 is 1.79. The molecule has 0 saturated carbocycles. The van der Waals surface area contributed by atoms with Gasteiger partial charge in [-0.15, -0.1) is 33.3 Å². The summed E-state index contributed by atoms with van der Waals surface area (Å²) >= 11 is 3.75. The summed E-state index contributed by atoms with van der Waals surface area (Å²) in [5.74, 6) is -1.57. The summed E-state index contributed by atoms with van der Waals surface area (Å²) in [6.45, 7) is 0. The van der Waals surface area contributed by atoms with Gasteiger partial charge in [0.25, 0.3) is 11.8 Å². The number of nitrogens with two attached hydrogens (primary N) is 1. The number of nitrogens with zero attached hydrogens (tertiary/aromatic N) is 7. The molecule has 0 spiro atoms. The molecule has 5 rings (SSSR count). The molecule has 1 saturated heterocycles. The number of nitrogens with one attached hydrogen (secondary N) is 1. The molecular weight excluding hydrogens is 589 g/mol. The summed E-state index contributed by atoms with van der Waals surface area (Å²) in [5, 5.41) is 28.6. The second-order valence-electron chi connectivity index (χ2n) is 8.19. The Morgan fingerprint density at radius 1 is 1.38 bits per heavy atom. The monoisotopic (exact) mass is 609 g/mol. The number of carboxylic acid groups (broad SMARTS) is 1. The van der Waals surface area contributed by atoms with Crippen molar-refractivity contribution < 1.29 is 53.9 Å². The van der Waals surface area contributed by atoms with Crippen LogP contribution in [0.2, 0.25) is 0 Å². The van der Waals surface area contributed by atoms with Crippen LogP contribution in [-0.4, -0.2) is 83.2 Å². The first-order valence-corrected chi connectivity index (χ1v) is 14.2. The van der Waals surface area contributed by atoms with Gasteiger partial charge in [0.2, 0.25) is 0 Å². The number of thiazole rings is 1. The molecule has 1 fully saturated rings. The minimum atomic E-state index is -1.47. The third-order valence-corrected chi connectivity index (χ3v) is 8.94. The molecule has 3 aromatic heterocycles. The maximum Gasteiger partial charge on any atom is 1.00 e. The standard InChI is InChI=1S/C22H21N9O5S3.Na/c1-30-16(10-4-3-5-24-6-10)27-28-22(30)39-8-11-7-37-19-14(18(33)31(19)15(11)20(34)35)26-17(32)13(29-36-2)12-9-38-21(23)25-12;/h3-6,9,14,19H,7-8H2,1-2H3,(H2,23,25)(H,26,32)(H,34,35);/q;+1/p-1/b29-13-;/t14-,19?;/m1./s1. The Bertz CT molecular complexity index is 1510. The van der Waals surface area contributed by atoms with Crippen LogP contribution in [-0.2, 0) is 26.3 Å². The van der Waals surface area contributed by atoms with Gasteiger partial charge in [-0.25, -0.2) is 4.98 Å². The van der Waals surface area contributed by atoms with Gasteiger partial charge in [0.1, 0.15) is 24.2 Å². The number of carbonyl (C=O) groups excluding carboxylic acids is 3. The fourth-order valence-corrected chi connectivity index (χ4v) is 6.97. The van der Waals surface area contributed by atoms with Crippen LogP contribution < -0.4 is 45.7 Å². The Balaban J connectivity index is 0.00000370. The van der Waals surface area contributed by atoms with Gasteiger partial charge in [-0.05, 0) is 17.7 Å². The van der Waals surface area contributed by atoms with E-state index >= 15 is 0 Å². The first-order chi connectivity index (χ1) is 18.8. The van der Waals surface area contributed by atoms with Crippen molar-refractivity contribution >= 4 is 63.5 Å². The summed E-state index contributed by atoms with van der Waals surface area (Å²) in [4.78, 5) is 52.1. The molecule has 40 heavy (non-hydrogen) atoms. The van der Waals surface area contributed by atoms with Crippen molar-refractivity contribution in [3.8, 4) is 11.4 Å². The number of carboxylic acids is 1. The predicted molar refractivity (Wildman–Crippen MR) is 142 cm³/mol. The van der Waals surface area contributed by atoms with Gasteiger partial charge in [-0.3, -0.25) is 19.5 Å². The van der Waals surface area contributed by atoms with Crippen molar-refractivity contribution in [1.29, 1.82) is 0 Å². The topological polar surface area (TPSA) is 194 Å². The van der Waals surface area contributed by atoms with Crippen LogP contribution in [0.5, 0.6) is 0 Å². The third kappa shape index (κ3) is 5.75. The predicted octanol–water partition coefficient (Wildman–Crippen LogP) is -3.53. The molecule has 3 aromatic rings. The normalized spacial score (nSPS) is 18.5. The number of anilines is 1. The van der Waals surface area contributed by atoms with Crippen LogP contribution >= 0.6 is 34.9 Å². The van der Waals surface area contributed by atoms with Crippen molar-refractivity contribution in [3.05, 3.63) is 46.9 Å². The van der Waals surface area contributed by atoms with Crippen LogP contribution in [0.1, 0.15) is 5.69 Å². The molecule has 2 aliphatic rings. The van der Waals surface area contributed by atoms with Crippen molar-refractivity contribution in [2.24, 2.45) is 12.2 Å². The smallest absolute Gasteiger partial charge is 0.543 e. The molecule has 0 aliphatic carbocycles. The van der Waals surface area contributed by atoms with Crippen LogP contribution in [0.3, 0.4) is 0 Å². The maximum absolute atomic E-state index is 13.0. The number of nitrogen functional groups attached to an aromatic ring is 1. The Morgan fingerprint density at radius 2 is 2.17 bits per heavy atom. The quantitative estimate of drug-likeness (QED) is 0.0799. The van der Waals surface area contributed by atoms with Gasteiger partial charge >= 0.3 is 29.6 Å². The Kier molecular flexibility index (Phi) is 9.52. The maximum atomic E-state index is 13.0. The Labute approximate surface area is 262 Å². The summed E-state index contributed by atoms with van der Waals surface area (Å²) in [7, 11) is 3.07. The molecule has 2 aliphatic heterocycles. The first-order valence-electron chi connectivity index (χ1n) is 11.2. The fourth-order valence-electron chi connectivity index (χ4n) is 4.02. The minimum Gasteiger partial charge on any atom is -0.543 e. The third-order valence-electron chi connectivity index (χ3n) is 5.82. The number of aliphatic carboxylic acids is 1. The number of fused-ring (bicyclic) bond motifs is 1. The average Bonchev–Trinajstić information content (AvgIpc) is 3.53. The molecule has 3 N–H and O–H groups in total. The van der Waals surface area contributed by atoms with Gasteiger partial charge in [0, 0.05) is 41.9 Å². The number of hydrogen-bond donors (Lipinski definition) is 2. The SMILES string of the molecule is CO/N=C(\C(=O)N[C@@H]1C(=O)N2C(C(=O)[O-])=C(CSc3nnc(-c4cccnc4)n3C)CSC12)c1csc(N)n1.[Na+]. The van der Waals surface area contributed by atoms with Gasteiger partial charge in [0.05, 0.1) is 11.7 Å². The van der Waals surface area contributed by atoms with Crippen LogP contribution in [0, 0.1) is 0 Å².